The number of aromatic amines is 1. The highest BCUT2D eigenvalue weighted by Crippen LogP contribution is 2.44. The lowest BCUT2D eigenvalue weighted by Crippen LogP contribution is -2.42. The van der Waals surface area contributed by atoms with Crippen LogP contribution in [-0.2, 0) is 9.59 Å². The Kier molecular flexibility index (Phi) is 5.56. The number of H-pyrrole nitrogens is 1. The van der Waals surface area contributed by atoms with Crippen molar-refractivity contribution in [3.05, 3.63) is 70.4 Å². The number of para-hydroxylation sites is 1. The van der Waals surface area contributed by atoms with Gasteiger partial charge in [-0.3, -0.25) is 9.59 Å². The number of primary amides is 1. The third-order valence-corrected chi connectivity index (χ3v) is 6.74. The molecule has 1 aliphatic rings. The van der Waals surface area contributed by atoms with Crippen LogP contribution in [0.1, 0.15) is 35.7 Å². The highest BCUT2D eigenvalue weighted by Gasteiger charge is 2.37. The fourth-order valence-electron chi connectivity index (χ4n) is 4.14. The molecular formula is C22H22ClN3O2S. The number of halogens is 1. The van der Waals surface area contributed by atoms with E-state index in [1.807, 2.05) is 48.2 Å². The van der Waals surface area contributed by atoms with E-state index < -0.39 is 5.91 Å². The minimum atomic E-state index is -0.415. The van der Waals surface area contributed by atoms with Crippen LogP contribution in [0.3, 0.4) is 0 Å². The van der Waals surface area contributed by atoms with Gasteiger partial charge in [0.25, 0.3) is 0 Å². The molecule has 2 atom stereocenters. The van der Waals surface area contributed by atoms with Crippen LogP contribution in [0.25, 0.3) is 10.9 Å². The lowest BCUT2D eigenvalue weighted by molar-refractivity contribution is -0.131. The summed E-state index contributed by atoms with van der Waals surface area (Å²) in [6.07, 6.45) is 0. The van der Waals surface area contributed by atoms with E-state index in [4.69, 9.17) is 17.3 Å². The van der Waals surface area contributed by atoms with E-state index in [0.717, 1.165) is 22.2 Å². The van der Waals surface area contributed by atoms with Gasteiger partial charge >= 0.3 is 0 Å². The van der Waals surface area contributed by atoms with Crippen molar-refractivity contribution in [2.75, 3.05) is 18.1 Å². The Morgan fingerprint density at radius 2 is 1.90 bits per heavy atom. The van der Waals surface area contributed by atoms with Crippen molar-refractivity contribution in [2.45, 2.75) is 18.9 Å². The third-order valence-electron chi connectivity index (χ3n) is 5.46. The molecule has 1 aliphatic heterocycles. The second-order valence-corrected chi connectivity index (χ2v) is 8.65. The van der Waals surface area contributed by atoms with Crippen molar-refractivity contribution >= 4 is 46.1 Å². The number of rotatable bonds is 5. The summed E-state index contributed by atoms with van der Waals surface area (Å²) in [6, 6.07) is 15.9. The topological polar surface area (TPSA) is 79.2 Å². The molecular weight excluding hydrogens is 406 g/mol. The molecule has 4 rings (SSSR count). The van der Waals surface area contributed by atoms with Crippen LogP contribution >= 0.6 is 23.4 Å². The first-order valence-electron chi connectivity index (χ1n) is 9.47. The van der Waals surface area contributed by atoms with Gasteiger partial charge in [0.05, 0.1) is 17.5 Å². The maximum atomic E-state index is 13.0. The Labute approximate surface area is 178 Å². The molecule has 0 aliphatic carbocycles. The van der Waals surface area contributed by atoms with Gasteiger partial charge in [-0.1, -0.05) is 48.0 Å². The second-order valence-electron chi connectivity index (χ2n) is 7.25. The Bertz CT molecular complexity index is 1080. The van der Waals surface area contributed by atoms with Gasteiger partial charge < -0.3 is 15.6 Å². The van der Waals surface area contributed by atoms with Crippen molar-refractivity contribution in [3.63, 3.8) is 0 Å². The molecule has 0 radical (unpaired) electrons. The van der Waals surface area contributed by atoms with Crippen LogP contribution < -0.4 is 5.73 Å². The first-order valence-corrected chi connectivity index (χ1v) is 11.0. The number of hydrogen-bond acceptors (Lipinski definition) is 3. The summed E-state index contributed by atoms with van der Waals surface area (Å²) < 4.78 is 0. The lowest BCUT2D eigenvalue weighted by Gasteiger charge is -2.38. The zero-order chi connectivity index (χ0) is 20.5. The Morgan fingerprint density at radius 3 is 2.66 bits per heavy atom. The van der Waals surface area contributed by atoms with Gasteiger partial charge in [0.1, 0.15) is 0 Å². The molecule has 7 heteroatoms. The third kappa shape index (κ3) is 3.74. The van der Waals surface area contributed by atoms with Crippen LogP contribution in [0.2, 0.25) is 5.02 Å². The van der Waals surface area contributed by atoms with Crippen LogP contribution in [0.15, 0.2) is 48.5 Å². The summed E-state index contributed by atoms with van der Waals surface area (Å²) in [5, 5.41) is 1.85. The van der Waals surface area contributed by atoms with Crippen molar-refractivity contribution in [1.29, 1.82) is 0 Å². The summed E-state index contributed by atoms with van der Waals surface area (Å²) in [7, 11) is 0. The molecule has 2 heterocycles. The molecule has 0 bridgehead atoms. The predicted octanol–water partition coefficient (Wildman–Crippen LogP) is 4.07. The number of hydrogen-bond donors (Lipinski definition) is 2. The monoisotopic (exact) mass is 427 g/mol. The van der Waals surface area contributed by atoms with Gasteiger partial charge in [0.2, 0.25) is 11.8 Å². The van der Waals surface area contributed by atoms with Crippen molar-refractivity contribution < 1.29 is 9.59 Å². The predicted molar refractivity (Wildman–Crippen MR) is 118 cm³/mol. The Hall–Kier alpha value is -2.44. The summed E-state index contributed by atoms with van der Waals surface area (Å²) in [5.74, 6) is -0.0972. The lowest BCUT2D eigenvalue weighted by atomic mass is 9.83. The number of carbonyl (C=O) groups is 2. The van der Waals surface area contributed by atoms with Gasteiger partial charge in [-0.15, -0.1) is 11.8 Å². The number of nitrogens with zero attached hydrogens (tertiary/aromatic N) is 1. The molecule has 2 unspecified atom stereocenters. The van der Waals surface area contributed by atoms with Gasteiger partial charge in [0.15, 0.2) is 0 Å². The molecule has 5 nitrogen and oxygen atoms in total. The molecule has 1 aromatic heterocycles. The normalized spacial score (nSPS) is 18.6. The van der Waals surface area contributed by atoms with Crippen LogP contribution in [0.5, 0.6) is 0 Å². The van der Waals surface area contributed by atoms with E-state index in [0.29, 0.717) is 11.6 Å². The zero-order valence-electron chi connectivity index (χ0n) is 16.0. The summed E-state index contributed by atoms with van der Waals surface area (Å²) >= 11 is 7.80. The molecule has 3 N–H and O–H groups in total. The summed E-state index contributed by atoms with van der Waals surface area (Å²) in [4.78, 5) is 29.4. The summed E-state index contributed by atoms with van der Waals surface area (Å²) in [6.45, 7) is 2.57. The van der Waals surface area contributed by atoms with Gasteiger partial charge in [0, 0.05) is 34.1 Å². The van der Waals surface area contributed by atoms with E-state index in [9.17, 15) is 9.59 Å². The highest BCUT2D eigenvalue weighted by atomic mass is 35.5. The van der Waals surface area contributed by atoms with Crippen molar-refractivity contribution in [1.82, 2.24) is 9.88 Å². The maximum absolute atomic E-state index is 13.0. The first-order chi connectivity index (χ1) is 14.0. The van der Waals surface area contributed by atoms with E-state index in [1.165, 1.54) is 17.3 Å². The van der Waals surface area contributed by atoms with Crippen molar-refractivity contribution in [2.24, 2.45) is 5.73 Å². The molecule has 0 fully saturated rings. The van der Waals surface area contributed by atoms with Gasteiger partial charge in [-0.2, -0.15) is 0 Å². The number of aromatic nitrogens is 1. The quantitative estimate of drug-likeness (QED) is 0.644. The first kappa shape index (κ1) is 19.9. The number of carbonyl (C=O) groups excluding carboxylic acids is 2. The van der Waals surface area contributed by atoms with E-state index in [2.05, 4.69) is 17.1 Å². The minimum absolute atomic E-state index is 0.00916. The number of thioether (sulfide) groups is 1. The molecule has 0 saturated carbocycles. The number of amides is 2. The second kappa shape index (κ2) is 8.13. The molecule has 150 valence electrons. The number of benzene rings is 2. The van der Waals surface area contributed by atoms with Crippen LogP contribution in [0.4, 0.5) is 0 Å². The van der Waals surface area contributed by atoms with E-state index in [-0.39, 0.29) is 29.4 Å². The number of nitrogens with two attached hydrogens (primary N) is 1. The van der Waals surface area contributed by atoms with Crippen LogP contribution in [0, 0.1) is 0 Å². The number of nitrogens with one attached hydrogen (secondary N) is 1. The maximum Gasteiger partial charge on any atom is 0.233 e. The largest absolute Gasteiger partial charge is 0.369 e. The van der Waals surface area contributed by atoms with Crippen LogP contribution in [-0.4, -0.2) is 39.7 Å². The molecule has 29 heavy (non-hydrogen) atoms. The highest BCUT2D eigenvalue weighted by molar-refractivity contribution is 8.00. The zero-order valence-corrected chi connectivity index (χ0v) is 17.6. The fraction of sp³-hybridized carbons (Fsp3) is 0.273. The average Bonchev–Trinajstić information content (AvgIpc) is 3.09. The van der Waals surface area contributed by atoms with Gasteiger partial charge in [-0.25, -0.2) is 0 Å². The summed E-state index contributed by atoms with van der Waals surface area (Å²) in [5.41, 5.74) is 9.51. The molecule has 3 aromatic rings. The molecule has 2 amide bonds. The minimum Gasteiger partial charge on any atom is -0.369 e. The standard InChI is InChI=1S/C22H22ClN3O2S/c1-13-22-21(15-7-3-5-9-18(15)25-22)16(14-6-2-4-8-17(14)23)10-26(13)20(28)12-29-11-19(24)27/h2-9,13,16,25H,10-12H2,1H3,(H2,24,27). The van der Waals surface area contributed by atoms with E-state index in [1.54, 1.807) is 0 Å². The van der Waals surface area contributed by atoms with Crippen molar-refractivity contribution in [3.8, 4) is 0 Å². The van der Waals surface area contributed by atoms with E-state index >= 15 is 0 Å². The number of fused-ring (bicyclic) bond motifs is 3. The average molecular weight is 428 g/mol. The Morgan fingerprint density at radius 1 is 1.17 bits per heavy atom. The SMILES string of the molecule is CC1c2[nH]c3ccccc3c2C(c2ccccc2Cl)CN1C(=O)CSCC(N)=O. The van der Waals surface area contributed by atoms with Gasteiger partial charge in [-0.05, 0) is 30.2 Å². The smallest absolute Gasteiger partial charge is 0.233 e. The molecule has 2 aromatic carbocycles. The Balaban J connectivity index is 1.77. The molecule has 0 spiro atoms. The fourth-order valence-corrected chi connectivity index (χ4v) is 5.05. The molecule has 0 saturated heterocycles.